The molecule has 0 bridgehead atoms. The van der Waals surface area contributed by atoms with Crippen molar-refractivity contribution in [2.45, 2.75) is 25.3 Å². The minimum atomic E-state index is 0.377. The fraction of sp³-hybridized carbons (Fsp3) is 0.250. The molecule has 86 valence electrons. The maximum absolute atomic E-state index is 5.92. The molecule has 0 aromatic heterocycles. The lowest BCUT2D eigenvalue weighted by molar-refractivity contribution is 0.991. The van der Waals surface area contributed by atoms with E-state index in [1.807, 2.05) is 0 Å². The van der Waals surface area contributed by atoms with Crippen molar-refractivity contribution >= 4 is 0 Å². The van der Waals surface area contributed by atoms with E-state index in [9.17, 15) is 0 Å². The van der Waals surface area contributed by atoms with Gasteiger partial charge in [-0.2, -0.15) is 0 Å². The van der Waals surface area contributed by atoms with Crippen LogP contribution < -0.4 is 5.73 Å². The highest BCUT2D eigenvalue weighted by atomic mass is 14.7. The molecule has 1 aliphatic rings. The Labute approximate surface area is 102 Å². The van der Waals surface area contributed by atoms with Crippen molar-refractivity contribution in [3.8, 4) is 11.1 Å². The third kappa shape index (κ3) is 1.98. The maximum Gasteiger partial charge on any atom is 0.0115 e. The first-order valence-electron chi connectivity index (χ1n) is 6.17. The molecular formula is C16H17N. The van der Waals surface area contributed by atoms with Crippen molar-refractivity contribution in [3.05, 3.63) is 59.7 Å². The van der Waals surface area contributed by atoms with Crippen LogP contribution in [0, 0.1) is 6.92 Å². The fourth-order valence-corrected chi connectivity index (χ4v) is 2.43. The van der Waals surface area contributed by atoms with E-state index >= 15 is 0 Å². The Kier molecular flexibility index (Phi) is 2.49. The molecule has 0 amide bonds. The van der Waals surface area contributed by atoms with Gasteiger partial charge in [-0.15, -0.1) is 0 Å². The van der Waals surface area contributed by atoms with Crippen molar-refractivity contribution in [2.75, 3.05) is 0 Å². The summed E-state index contributed by atoms with van der Waals surface area (Å²) in [6.45, 7) is 2.16. The van der Waals surface area contributed by atoms with Crippen LogP contribution in [0.5, 0.6) is 0 Å². The van der Waals surface area contributed by atoms with Gasteiger partial charge in [-0.1, -0.05) is 48.5 Å². The van der Waals surface area contributed by atoms with Crippen LogP contribution in [-0.2, 0) is 0 Å². The van der Waals surface area contributed by atoms with E-state index in [0.717, 1.165) is 6.42 Å². The first kappa shape index (κ1) is 10.5. The molecule has 2 atom stereocenters. The van der Waals surface area contributed by atoms with E-state index < -0.39 is 0 Å². The van der Waals surface area contributed by atoms with Crippen LogP contribution >= 0.6 is 0 Å². The Balaban J connectivity index is 2.01. The van der Waals surface area contributed by atoms with Gasteiger partial charge in [0.2, 0.25) is 0 Å². The van der Waals surface area contributed by atoms with Gasteiger partial charge in [0.05, 0.1) is 0 Å². The van der Waals surface area contributed by atoms with Gasteiger partial charge in [0.15, 0.2) is 0 Å². The Morgan fingerprint density at radius 1 is 1.06 bits per heavy atom. The van der Waals surface area contributed by atoms with E-state index in [0.29, 0.717) is 12.0 Å². The summed E-state index contributed by atoms with van der Waals surface area (Å²) < 4.78 is 0. The molecule has 1 saturated carbocycles. The third-order valence-corrected chi connectivity index (χ3v) is 3.61. The van der Waals surface area contributed by atoms with Gasteiger partial charge in [-0.05, 0) is 35.6 Å². The topological polar surface area (TPSA) is 26.0 Å². The maximum atomic E-state index is 5.92. The first-order valence-corrected chi connectivity index (χ1v) is 6.17. The van der Waals surface area contributed by atoms with Crippen molar-refractivity contribution in [1.29, 1.82) is 0 Å². The van der Waals surface area contributed by atoms with Gasteiger partial charge in [0.1, 0.15) is 0 Å². The highest BCUT2D eigenvalue weighted by Gasteiger charge is 2.34. The van der Waals surface area contributed by atoms with Crippen LogP contribution in [0.1, 0.15) is 23.5 Å². The third-order valence-electron chi connectivity index (χ3n) is 3.61. The van der Waals surface area contributed by atoms with E-state index in [1.165, 1.54) is 22.3 Å². The molecule has 0 aliphatic heterocycles. The summed E-state index contributed by atoms with van der Waals surface area (Å²) in [6.07, 6.45) is 1.14. The average molecular weight is 223 g/mol. The fourth-order valence-electron chi connectivity index (χ4n) is 2.43. The lowest BCUT2D eigenvalue weighted by Gasteiger charge is -2.07. The average Bonchev–Trinajstić information content (AvgIpc) is 3.07. The number of hydrogen-bond acceptors (Lipinski definition) is 1. The molecule has 2 aromatic rings. The lowest BCUT2D eigenvalue weighted by atomic mass is 9.98. The van der Waals surface area contributed by atoms with E-state index in [1.54, 1.807) is 0 Å². The summed E-state index contributed by atoms with van der Waals surface area (Å²) >= 11 is 0. The van der Waals surface area contributed by atoms with Crippen molar-refractivity contribution < 1.29 is 0 Å². The van der Waals surface area contributed by atoms with Gasteiger partial charge in [-0.3, -0.25) is 0 Å². The van der Waals surface area contributed by atoms with Gasteiger partial charge >= 0.3 is 0 Å². The monoisotopic (exact) mass is 223 g/mol. The Morgan fingerprint density at radius 2 is 1.82 bits per heavy atom. The second kappa shape index (κ2) is 4.01. The van der Waals surface area contributed by atoms with Gasteiger partial charge in [0.25, 0.3) is 0 Å². The molecule has 2 aromatic carbocycles. The molecule has 1 nitrogen and oxygen atoms in total. The highest BCUT2D eigenvalue weighted by Crippen LogP contribution is 2.40. The summed E-state index contributed by atoms with van der Waals surface area (Å²) in [4.78, 5) is 0. The van der Waals surface area contributed by atoms with E-state index in [2.05, 4.69) is 55.5 Å². The van der Waals surface area contributed by atoms with E-state index in [-0.39, 0.29) is 0 Å². The molecule has 0 unspecified atom stereocenters. The molecule has 17 heavy (non-hydrogen) atoms. The van der Waals surface area contributed by atoms with Gasteiger partial charge in [0, 0.05) is 12.0 Å². The molecule has 3 rings (SSSR count). The Bertz CT molecular complexity index is 545. The highest BCUT2D eigenvalue weighted by molar-refractivity contribution is 5.68. The number of aryl methyl sites for hydroxylation is 1. The molecule has 2 N–H and O–H groups in total. The number of hydrogen-bond donors (Lipinski definition) is 1. The quantitative estimate of drug-likeness (QED) is 0.828. The lowest BCUT2D eigenvalue weighted by Crippen LogP contribution is -2.00. The molecule has 0 saturated heterocycles. The summed E-state index contributed by atoms with van der Waals surface area (Å²) in [5, 5.41) is 0. The molecule has 1 fully saturated rings. The molecule has 0 spiro atoms. The second-order valence-electron chi connectivity index (χ2n) is 4.95. The first-order chi connectivity index (χ1) is 8.25. The zero-order chi connectivity index (χ0) is 11.8. The van der Waals surface area contributed by atoms with E-state index in [4.69, 9.17) is 5.73 Å². The Morgan fingerprint density at radius 3 is 2.53 bits per heavy atom. The smallest absolute Gasteiger partial charge is 0.0115 e. The predicted molar refractivity (Wildman–Crippen MR) is 71.9 cm³/mol. The predicted octanol–water partition coefficient (Wildman–Crippen LogP) is 3.48. The zero-order valence-electron chi connectivity index (χ0n) is 10.1. The van der Waals surface area contributed by atoms with Crippen LogP contribution in [0.15, 0.2) is 48.5 Å². The second-order valence-corrected chi connectivity index (χ2v) is 4.95. The molecule has 1 heteroatoms. The van der Waals surface area contributed by atoms with Crippen LogP contribution in [0.4, 0.5) is 0 Å². The summed E-state index contributed by atoms with van der Waals surface area (Å²) in [7, 11) is 0. The summed E-state index contributed by atoms with van der Waals surface area (Å²) in [5.41, 5.74) is 11.3. The van der Waals surface area contributed by atoms with Crippen LogP contribution in [0.25, 0.3) is 11.1 Å². The van der Waals surface area contributed by atoms with Crippen molar-refractivity contribution in [3.63, 3.8) is 0 Å². The molecule has 0 radical (unpaired) electrons. The normalized spacial score (nSPS) is 22.5. The SMILES string of the molecule is Cc1ccccc1-c1cccc([C@@H]2C[C@H]2N)c1. The van der Waals surface area contributed by atoms with Gasteiger partial charge in [-0.25, -0.2) is 0 Å². The van der Waals surface area contributed by atoms with Crippen LogP contribution in [0.2, 0.25) is 0 Å². The van der Waals surface area contributed by atoms with Crippen LogP contribution in [0.3, 0.4) is 0 Å². The van der Waals surface area contributed by atoms with Gasteiger partial charge < -0.3 is 5.73 Å². The summed E-state index contributed by atoms with van der Waals surface area (Å²) in [5.74, 6) is 0.582. The minimum absolute atomic E-state index is 0.377. The standard InChI is InChI=1S/C16H17N/c1-11-5-2-3-8-14(11)12-6-4-7-13(9-12)15-10-16(15)17/h2-9,15-16H,10,17H2,1H3/t15-,16+/m0/s1. The molecule has 0 heterocycles. The zero-order valence-corrected chi connectivity index (χ0v) is 10.1. The number of nitrogens with two attached hydrogens (primary N) is 1. The largest absolute Gasteiger partial charge is 0.327 e. The number of rotatable bonds is 2. The minimum Gasteiger partial charge on any atom is -0.327 e. The van der Waals surface area contributed by atoms with Crippen molar-refractivity contribution in [2.24, 2.45) is 5.73 Å². The number of benzene rings is 2. The van der Waals surface area contributed by atoms with Crippen LogP contribution in [-0.4, -0.2) is 6.04 Å². The Hall–Kier alpha value is -1.60. The molecular weight excluding hydrogens is 206 g/mol. The van der Waals surface area contributed by atoms with Crippen molar-refractivity contribution in [1.82, 2.24) is 0 Å². The summed E-state index contributed by atoms with van der Waals surface area (Å²) in [6, 6.07) is 17.7. The molecule has 1 aliphatic carbocycles.